The van der Waals surface area contributed by atoms with Crippen LogP contribution in [0.5, 0.6) is 0 Å². The zero-order valence-electron chi connectivity index (χ0n) is 11.5. The van der Waals surface area contributed by atoms with Crippen molar-refractivity contribution in [3.63, 3.8) is 0 Å². The molecule has 1 aliphatic carbocycles. The van der Waals surface area contributed by atoms with Crippen molar-refractivity contribution in [3.8, 4) is 0 Å². The quantitative estimate of drug-likeness (QED) is 0.837. The summed E-state index contributed by atoms with van der Waals surface area (Å²) in [5.41, 5.74) is -0.0724. The molecule has 1 aliphatic heterocycles. The van der Waals surface area contributed by atoms with Crippen LogP contribution in [0.15, 0.2) is 0 Å². The number of aliphatic hydroxyl groups is 1. The Hall–Kier alpha value is -0.260. The zero-order chi connectivity index (χ0) is 13.7. The molecule has 5 heteroatoms. The van der Waals surface area contributed by atoms with Crippen LogP contribution in [-0.2, 0) is 4.74 Å². The number of aliphatic hydroxyl groups excluding tert-OH is 1. The van der Waals surface area contributed by atoms with Gasteiger partial charge in [-0.1, -0.05) is 19.3 Å². The average Bonchev–Trinajstić information content (AvgIpc) is 2.39. The second-order valence-electron chi connectivity index (χ2n) is 5.85. The Morgan fingerprint density at radius 2 is 2.00 bits per heavy atom. The standard InChI is InChI=1S/C14H25F2NO2/c15-13(16)11-17(7-8-18)12-4-9-19-14(10-12)5-2-1-3-6-14/h12-13,18H,1-11H2. The molecule has 0 amide bonds. The van der Waals surface area contributed by atoms with Crippen molar-refractivity contribution >= 4 is 0 Å². The molecule has 1 saturated heterocycles. The summed E-state index contributed by atoms with van der Waals surface area (Å²) in [4.78, 5) is 1.75. The molecule has 1 atom stereocenters. The Labute approximate surface area is 113 Å². The molecule has 2 fully saturated rings. The van der Waals surface area contributed by atoms with E-state index in [1.54, 1.807) is 4.90 Å². The van der Waals surface area contributed by atoms with Gasteiger partial charge in [-0.2, -0.15) is 0 Å². The van der Waals surface area contributed by atoms with E-state index in [2.05, 4.69) is 0 Å². The third kappa shape index (κ3) is 4.10. The summed E-state index contributed by atoms with van der Waals surface area (Å²) in [7, 11) is 0. The van der Waals surface area contributed by atoms with Gasteiger partial charge in [0, 0.05) is 19.2 Å². The summed E-state index contributed by atoms with van der Waals surface area (Å²) in [6.07, 6.45) is 5.05. The molecule has 0 aromatic rings. The number of ether oxygens (including phenoxy) is 1. The van der Waals surface area contributed by atoms with Crippen molar-refractivity contribution in [2.45, 2.75) is 63.0 Å². The van der Waals surface area contributed by atoms with Crippen LogP contribution in [0.2, 0.25) is 0 Å². The predicted octanol–water partition coefficient (Wildman–Crippen LogP) is 2.43. The van der Waals surface area contributed by atoms with Crippen molar-refractivity contribution in [1.29, 1.82) is 0 Å². The van der Waals surface area contributed by atoms with Gasteiger partial charge in [0.05, 0.1) is 18.8 Å². The van der Waals surface area contributed by atoms with Gasteiger partial charge < -0.3 is 9.84 Å². The number of nitrogens with zero attached hydrogens (tertiary/aromatic N) is 1. The number of hydrogen-bond donors (Lipinski definition) is 1. The van der Waals surface area contributed by atoms with E-state index < -0.39 is 6.43 Å². The molecular formula is C14H25F2NO2. The lowest BCUT2D eigenvalue weighted by atomic mass is 9.78. The highest BCUT2D eigenvalue weighted by Crippen LogP contribution is 2.39. The number of halogens is 2. The second-order valence-corrected chi connectivity index (χ2v) is 5.85. The Morgan fingerprint density at radius 3 is 2.63 bits per heavy atom. The minimum Gasteiger partial charge on any atom is -0.395 e. The van der Waals surface area contributed by atoms with Gasteiger partial charge in [0.15, 0.2) is 0 Å². The van der Waals surface area contributed by atoms with E-state index in [-0.39, 0.29) is 24.8 Å². The third-order valence-electron chi connectivity index (χ3n) is 4.51. The summed E-state index contributed by atoms with van der Waals surface area (Å²) < 4.78 is 31.3. The van der Waals surface area contributed by atoms with E-state index in [0.29, 0.717) is 13.2 Å². The topological polar surface area (TPSA) is 32.7 Å². The zero-order valence-corrected chi connectivity index (χ0v) is 11.5. The van der Waals surface area contributed by atoms with Gasteiger partial charge in [-0.3, -0.25) is 4.90 Å². The maximum absolute atomic E-state index is 12.6. The first-order valence-corrected chi connectivity index (χ1v) is 7.42. The predicted molar refractivity (Wildman–Crippen MR) is 69.5 cm³/mol. The second kappa shape index (κ2) is 6.95. The summed E-state index contributed by atoms with van der Waals surface area (Å²) in [6.45, 7) is 0.708. The van der Waals surface area contributed by atoms with Crippen molar-refractivity contribution in [1.82, 2.24) is 4.90 Å². The van der Waals surface area contributed by atoms with Gasteiger partial charge >= 0.3 is 0 Å². The van der Waals surface area contributed by atoms with Gasteiger partial charge in [-0.25, -0.2) is 8.78 Å². The minimum absolute atomic E-state index is 0.0585. The van der Waals surface area contributed by atoms with E-state index in [1.165, 1.54) is 19.3 Å². The van der Waals surface area contributed by atoms with Gasteiger partial charge in [-0.15, -0.1) is 0 Å². The normalized spacial score (nSPS) is 27.3. The Kier molecular flexibility index (Phi) is 5.54. The Balaban J connectivity index is 1.97. The Bertz CT molecular complexity index is 265. The van der Waals surface area contributed by atoms with Crippen LogP contribution < -0.4 is 0 Å². The van der Waals surface area contributed by atoms with E-state index >= 15 is 0 Å². The molecule has 112 valence electrons. The van der Waals surface area contributed by atoms with Crippen LogP contribution in [0.3, 0.4) is 0 Å². The lowest BCUT2D eigenvalue weighted by Gasteiger charge is -2.46. The highest BCUT2D eigenvalue weighted by atomic mass is 19.3. The smallest absolute Gasteiger partial charge is 0.251 e. The van der Waals surface area contributed by atoms with Gasteiger partial charge in [-0.05, 0) is 25.7 Å². The van der Waals surface area contributed by atoms with Crippen LogP contribution in [0, 0.1) is 0 Å². The molecule has 1 heterocycles. The molecule has 2 rings (SSSR count). The molecule has 0 bridgehead atoms. The largest absolute Gasteiger partial charge is 0.395 e. The SMILES string of the molecule is OCCN(CC(F)F)C1CCOC2(CCCCC2)C1. The maximum Gasteiger partial charge on any atom is 0.251 e. The van der Waals surface area contributed by atoms with Crippen LogP contribution in [-0.4, -0.2) is 54.4 Å². The third-order valence-corrected chi connectivity index (χ3v) is 4.51. The summed E-state index contributed by atoms with van der Waals surface area (Å²) in [5.74, 6) is 0. The molecule has 1 N–H and O–H groups in total. The molecule has 0 aromatic carbocycles. The van der Waals surface area contributed by atoms with Crippen molar-refractivity contribution < 1.29 is 18.6 Å². The molecule has 19 heavy (non-hydrogen) atoms. The number of alkyl halides is 2. The fourth-order valence-corrected chi connectivity index (χ4v) is 3.59. The van der Waals surface area contributed by atoms with E-state index in [4.69, 9.17) is 9.84 Å². The van der Waals surface area contributed by atoms with Crippen molar-refractivity contribution in [2.75, 3.05) is 26.3 Å². The molecule has 1 unspecified atom stereocenters. The highest BCUT2D eigenvalue weighted by Gasteiger charge is 2.40. The van der Waals surface area contributed by atoms with Crippen molar-refractivity contribution in [3.05, 3.63) is 0 Å². The summed E-state index contributed by atoms with van der Waals surface area (Å²) in [6, 6.07) is 0.132. The lowest BCUT2D eigenvalue weighted by molar-refractivity contribution is -0.128. The first kappa shape index (κ1) is 15.1. The number of hydrogen-bond acceptors (Lipinski definition) is 3. The maximum atomic E-state index is 12.6. The average molecular weight is 277 g/mol. The molecular weight excluding hydrogens is 252 g/mol. The van der Waals surface area contributed by atoms with E-state index in [0.717, 1.165) is 25.7 Å². The Morgan fingerprint density at radius 1 is 1.26 bits per heavy atom. The monoisotopic (exact) mass is 277 g/mol. The molecule has 3 nitrogen and oxygen atoms in total. The van der Waals surface area contributed by atoms with Crippen molar-refractivity contribution in [2.24, 2.45) is 0 Å². The molecule has 0 radical (unpaired) electrons. The van der Waals surface area contributed by atoms with E-state index in [1.807, 2.05) is 0 Å². The minimum atomic E-state index is -2.34. The van der Waals surface area contributed by atoms with Crippen LogP contribution in [0.1, 0.15) is 44.9 Å². The van der Waals surface area contributed by atoms with Crippen LogP contribution in [0.25, 0.3) is 0 Å². The number of rotatable bonds is 5. The summed E-state index contributed by atoms with van der Waals surface area (Å²) in [5, 5.41) is 9.06. The fourth-order valence-electron chi connectivity index (χ4n) is 3.59. The van der Waals surface area contributed by atoms with Crippen LogP contribution in [0.4, 0.5) is 8.78 Å². The molecule has 1 spiro atoms. The van der Waals surface area contributed by atoms with Gasteiger partial charge in [0.25, 0.3) is 6.43 Å². The fraction of sp³-hybridized carbons (Fsp3) is 1.00. The molecule has 1 saturated carbocycles. The van der Waals surface area contributed by atoms with Gasteiger partial charge in [0.1, 0.15) is 0 Å². The molecule has 2 aliphatic rings. The lowest BCUT2D eigenvalue weighted by Crippen LogP contribution is -2.51. The first-order chi connectivity index (χ1) is 9.15. The summed E-state index contributed by atoms with van der Waals surface area (Å²) >= 11 is 0. The van der Waals surface area contributed by atoms with E-state index in [9.17, 15) is 8.78 Å². The van der Waals surface area contributed by atoms with Crippen LogP contribution >= 0.6 is 0 Å². The first-order valence-electron chi connectivity index (χ1n) is 7.42. The van der Waals surface area contributed by atoms with Gasteiger partial charge in [0.2, 0.25) is 0 Å². The molecule has 0 aromatic heterocycles. The highest BCUT2D eigenvalue weighted by molar-refractivity contribution is 4.93.